The van der Waals surface area contributed by atoms with Gasteiger partial charge >= 0.3 is 0 Å². The van der Waals surface area contributed by atoms with E-state index < -0.39 is 0 Å². The maximum Gasteiger partial charge on any atom is 0.234 e. The zero-order valence-electron chi connectivity index (χ0n) is 10.5. The Bertz CT molecular complexity index is 587. The van der Waals surface area contributed by atoms with Crippen LogP contribution < -0.4 is 11.1 Å². The molecule has 4 nitrogen and oxygen atoms in total. The van der Waals surface area contributed by atoms with Crippen molar-refractivity contribution in [1.82, 2.24) is 0 Å². The topological polar surface area (TPSA) is 67.5 Å². The summed E-state index contributed by atoms with van der Waals surface area (Å²) in [6, 6.07) is 15.6. The van der Waals surface area contributed by atoms with E-state index in [0.717, 1.165) is 23.4 Å². The van der Waals surface area contributed by atoms with Crippen molar-refractivity contribution in [2.75, 3.05) is 17.6 Å². The fraction of sp³-hybridized carbons (Fsp3) is 0.133. The molecule has 0 aliphatic carbocycles. The normalized spacial score (nSPS) is 9.68. The van der Waals surface area contributed by atoms with E-state index in [1.807, 2.05) is 48.5 Å². The molecule has 0 atom stereocenters. The lowest BCUT2D eigenvalue weighted by Crippen LogP contribution is -1.96. The number of benzene rings is 2. The van der Waals surface area contributed by atoms with Crippen molar-refractivity contribution in [2.24, 2.45) is 4.99 Å². The summed E-state index contributed by atoms with van der Waals surface area (Å²) < 4.78 is 0. The minimum atomic E-state index is 0.474. The van der Waals surface area contributed by atoms with Crippen molar-refractivity contribution in [3.05, 3.63) is 54.1 Å². The van der Waals surface area contributed by atoms with Gasteiger partial charge in [-0.3, -0.25) is 0 Å². The van der Waals surface area contributed by atoms with Gasteiger partial charge in [-0.2, -0.15) is 0 Å². The van der Waals surface area contributed by atoms with E-state index in [9.17, 15) is 4.79 Å². The molecule has 0 heterocycles. The second-order valence-corrected chi connectivity index (χ2v) is 4.13. The number of isocyanates is 1. The fourth-order valence-electron chi connectivity index (χ4n) is 1.75. The van der Waals surface area contributed by atoms with Gasteiger partial charge in [-0.25, -0.2) is 9.79 Å². The number of hydrogen-bond acceptors (Lipinski definition) is 4. The summed E-state index contributed by atoms with van der Waals surface area (Å²) >= 11 is 0. The van der Waals surface area contributed by atoms with E-state index in [0.29, 0.717) is 12.2 Å². The summed E-state index contributed by atoms with van der Waals surface area (Å²) in [5.41, 5.74) is 9.58. The van der Waals surface area contributed by atoms with Gasteiger partial charge in [0.25, 0.3) is 0 Å². The van der Waals surface area contributed by atoms with Gasteiger partial charge in [-0.15, -0.1) is 0 Å². The number of nitrogens with zero attached hydrogens (tertiary/aromatic N) is 1. The van der Waals surface area contributed by atoms with E-state index in [1.54, 1.807) is 0 Å². The lowest BCUT2D eigenvalue weighted by atomic mass is 10.1. The number of anilines is 3. The van der Waals surface area contributed by atoms with Gasteiger partial charge < -0.3 is 11.1 Å². The maximum atomic E-state index is 9.97. The monoisotopic (exact) mass is 253 g/mol. The molecular formula is C15H15N3O. The van der Waals surface area contributed by atoms with Gasteiger partial charge in [-0.1, -0.05) is 24.3 Å². The SMILES string of the molecule is Nc1ccccc1Nc1ccc(CCN=C=O)cc1. The van der Waals surface area contributed by atoms with Crippen LogP contribution in [0.15, 0.2) is 53.5 Å². The van der Waals surface area contributed by atoms with E-state index in [1.165, 1.54) is 6.08 Å². The Morgan fingerprint density at radius 1 is 1.11 bits per heavy atom. The first-order valence-corrected chi connectivity index (χ1v) is 6.03. The largest absolute Gasteiger partial charge is 0.397 e. The van der Waals surface area contributed by atoms with E-state index in [2.05, 4.69) is 10.3 Å². The standard InChI is InChI=1S/C15H15N3O/c16-14-3-1-2-4-15(14)18-13-7-5-12(6-8-13)9-10-17-11-19/h1-8,18H,9-10,16H2. The van der Waals surface area contributed by atoms with Gasteiger partial charge in [0, 0.05) is 5.69 Å². The molecule has 19 heavy (non-hydrogen) atoms. The third kappa shape index (κ3) is 3.69. The summed E-state index contributed by atoms with van der Waals surface area (Å²) in [4.78, 5) is 13.5. The Balaban J connectivity index is 2.02. The van der Waals surface area contributed by atoms with Gasteiger partial charge in [0.2, 0.25) is 6.08 Å². The highest BCUT2D eigenvalue weighted by atomic mass is 16.1. The molecule has 0 aliphatic heterocycles. The third-order valence-corrected chi connectivity index (χ3v) is 2.77. The molecule has 0 fully saturated rings. The minimum Gasteiger partial charge on any atom is -0.397 e. The zero-order chi connectivity index (χ0) is 13.5. The van der Waals surface area contributed by atoms with Crippen molar-refractivity contribution in [1.29, 1.82) is 0 Å². The number of carbonyl (C=O) groups excluding carboxylic acids is 1. The number of hydrogen-bond donors (Lipinski definition) is 2. The molecule has 2 aromatic carbocycles. The Hall–Kier alpha value is -2.58. The van der Waals surface area contributed by atoms with Crippen molar-refractivity contribution in [2.45, 2.75) is 6.42 Å². The molecule has 0 radical (unpaired) electrons. The maximum absolute atomic E-state index is 9.97. The Kier molecular flexibility index (Phi) is 4.32. The summed E-state index contributed by atoms with van der Waals surface area (Å²) in [6.07, 6.45) is 2.28. The Morgan fingerprint density at radius 2 is 1.84 bits per heavy atom. The quantitative estimate of drug-likeness (QED) is 0.489. The summed E-state index contributed by atoms with van der Waals surface area (Å²) in [5.74, 6) is 0. The number of aliphatic imine (C=N–C) groups is 1. The van der Waals surface area contributed by atoms with Crippen molar-refractivity contribution >= 4 is 23.1 Å². The van der Waals surface area contributed by atoms with Crippen LogP contribution in [0.2, 0.25) is 0 Å². The van der Waals surface area contributed by atoms with Gasteiger partial charge in [-0.05, 0) is 36.2 Å². The van der Waals surface area contributed by atoms with Gasteiger partial charge in [0.05, 0.1) is 17.9 Å². The van der Waals surface area contributed by atoms with Crippen molar-refractivity contribution in [3.8, 4) is 0 Å². The predicted octanol–water partition coefficient (Wildman–Crippen LogP) is 2.89. The number of nitrogens with one attached hydrogen (secondary N) is 1. The predicted molar refractivity (Wildman–Crippen MR) is 77.3 cm³/mol. The second kappa shape index (κ2) is 6.38. The third-order valence-electron chi connectivity index (χ3n) is 2.77. The molecule has 0 amide bonds. The van der Waals surface area contributed by atoms with Crippen LogP contribution in [0.4, 0.5) is 17.1 Å². The average Bonchev–Trinajstić information content (AvgIpc) is 2.44. The highest BCUT2D eigenvalue weighted by Gasteiger charge is 1.98. The molecule has 4 heteroatoms. The molecule has 0 saturated carbocycles. The van der Waals surface area contributed by atoms with Crippen LogP contribution >= 0.6 is 0 Å². The van der Waals surface area contributed by atoms with E-state index in [-0.39, 0.29) is 0 Å². The molecule has 0 unspecified atom stereocenters. The average molecular weight is 253 g/mol. The molecule has 2 aromatic rings. The molecule has 0 aliphatic rings. The Labute approximate surface area is 112 Å². The fourth-order valence-corrected chi connectivity index (χ4v) is 1.75. The minimum absolute atomic E-state index is 0.474. The van der Waals surface area contributed by atoms with Crippen LogP contribution in [0, 0.1) is 0 Å². The highest BCUT2D eigenvalue weighted by molar-refractivity contribution is 5.72. The summed E-state index contributed by atoms with van der Waals surface area (Å²) in [5, 5.41) is 3.26. The molecule has 0 saturated heterocycles. The van der Waals surface area contributed by atoms with Crippen LogP contribution in [0.5, 0.6) is 0 Å². The number of para-hydroxylation sites is 2. The van der Waals surface area contributed by atoms with E-state index >= 15 is 0 Å². The van der Waals surface area contributed by atoms with Crippen LogP contribution in [-0.2, 0) is 11.2 Å². The summed E-state index contributed by atoms with van der Waals surface area (Å²) in [6.45, 7) is 0.474. The summed E-state index contributed by atoms with van der Waals surface area (Å²) in [7, 11) is 0. The number of nitrogen functional groups attached to an aromatic ring is 1. The molecule has 0 bridgehead atoms. The van der Waals surface area contributed by atoms with E-state index in [4.69, 9.17) is 5.73 Å². The molecule has 0 aromatic heterocycles. The lowest BCUT2D eigenvalue weighted by Gasteiger charge is -2.09. The molecule has 2 rings (SSSR count). The Morgan fingerprint density at radius 3 is 2.53 bits per heavy atom. The number of rotatable bonds is 5. The first kappa shape index (κ1) is 12.9. The molecule has 96 valence electrons. The van der Waals surface area contributed by atoms with Gasteiger partial charge in [0.1, 0.15) is 0 Å². The first-order chi connectivity index (χ1) is 9.29. The second-order valence-electron chi connectivity index (χ2n) is 4.13. The molecular weight excluding hydrogens is 238 g/mol. The van der Waals surface area contributed by atoms with Crippen molar-refractivity contribution < 1.29 is 4.79 Å². The van der Waals surface area contributed by atoms with Crippen LogP contribution in [0.3, 0.4) is 0 Å². The van der Waals surface area contributed by atoms with Crippen LogP contribution in [-0.4, -0.2) is 12.6 Å². The lowest BCUT2D eigenvalue weighted by molar-refractivity contribution is 0.563. The molecule has 0 spiro atoms. The molecule has 3 N–H and O–H groups in total. The van der Waals surface area contributed by atoms with Crippen LogP contribution in [0.1, 0.15) is 5.56 Å². The van der Waals surface area contributed by atoms with Gasteiger partial charge in [0.15, 0.2) is 0 Å². The smallest absolute Gasteiger partial charge is 0.234 e. The van der Waals surface area contributed by atoms with Crippen molar-refractivity contribution in [3.63, 3.8) is 0 Å². The first-order valence-electron chi connectivity index (χ1n) is 6.03. The zero-order valence-corrected chi connectivity index (χ0v) is 10.5. The number of nitrogens with two attached hydrogens (primary N) is 1. The van der Waals surface area contributed by atoms with Crippen LogP contribution in [0.25, 0.3) is 0 Å². The highest BCUT2D eigenvalue weighted by Crippen LogP contribution is 2.22.